The van der Waals surface area contributed by atoms with Crippen molar-refractivity contribution in [1.82, 2.24) is 5.32 Å². The maximum Gasteiger partial charge on any atom is 0.0944 e. The summed E-state index contributed by atoms with van der Waals surface area (Å²) in [6, 6.07) is 2.01. The Morgan fingerprint density at radius 1 is 1.67 bits per heavy atom. The fraction of sp³-hybridized carbons (Fsp3) is 0.286. The van der Waals surface area contributed by atoms with Gasteiger partial charge < -0.3 is 5.32 Å². The van der Waals surface area contributed by atoms with Crippen LogP contribution in [0.1, 0.15) is 6.92 Å². The Balaban J connectivity index is 3.72. The van der Waals surface area contributed by atoms with Gasteiger partial charge in [-0.15, -0.1) is 0 Å². The number of nitrogens with one attached hydrogen (secondary N) is 1. The van der Waals surface area contributed by atoms with Gasteiger partial charge in [0.2, 0.25) is 0 Å². The molecule has 0 bridgehead atoms. The third kappa shape index (κ3) is 4.63. The third-order valence-electron chi connectivity index (χ3n) is 0.785. The first-order valence-electron chi connectivity index (χ1n) is 2.72. The molecule has 0 amide bonds. The zero-order valence-corrected chi connectivity index (χ0v) is 5.68. The van der Waals surface area contributed by atoms with Crippen molar-refractivity contribution in [3.63, 3.8) is 0 Å². The molecule has 48 valence electrons. The summed E-state index contributed by atoms with van der Waals surface area (Å²) in [4.78, 5) is 0. The highest BCUT2D eigenvalue weighted by Crippen LogP contribution is 1.87. The van der Waals surface area contributed by atoms with Crippen LogP contribution in [0, 0.1) is 11.3 Å². The van der Waals surface area contributed by atoms with E-state index in [1.54, 1.807) is 25.3 Å². The smallest absolute Gasteiger partial charge is 0.0944 e. The lowest BCUT2D eigenvalue weighted by molar-refractivity contribution is 1.10. The highest BCUT2D eigenvalue weighted by molar-refractivity contribution is 5.22. The Labute approximate surface area is 55.5 Å². The molecule has 0 heterocycles. The first kappa shape index (κ1) is 7.77. The lowest BCUT2D eigenvalue weighted by atomic mass is 10.3. The molecule has 0 rings (SSSR count). The second-order valence-corrected chi connectivity index (χ2v) is 1.61. The van der Waals surface area contributed by atoms with Gasteiger partial charge in [0, 0.05) is 12.6 Å². The Morgan fingerprint density at radius 2 is 2.33 bits per heavy atom. The average molecular weight is 122 g/mol. The summed E-state index contributed by atoms with van der Waals surface area (Å²) >= 11 is 0. The van der Waals surface area contributed by atoms with Gasteiger partial charge in [0.15, 0.2) is 0 Å². The molecule has 0 atom stereocenters. The van der Waals surface area contributed by atoms with Crippen LogP contribution < -0.4 is 5.32 Å². The Bertz CT molecular complexity index is 160. The maximum absolute atomic E-state index is 8.26. The molecule has 0 saturated heterocycles. The minimum atomic E-state index is 0.710. The fourth-order valence-corrected chi connectivity index (χ4v) is 0.326. The highest BCUT2D eigenvalue weighted by atomic mass is 14.8. The van der Waals surface area contributed by atoms with Gasteiger partial charge in [-0.05, 0) is 25.3 Å². The van der Waals surface area contributed by atoms with E-state index in [2.05, 4.69) is 5.32 Å². The normalized spacial score (nSPS) is 11.4. The van der Waals surface area contributed by atoms with Crippen LogP contribution in [-0.4, -0.2) is 7.05 Å². The number of hydrogen-bond acceptors (Lipinski definition) is 2. The maximum atomic E-state index is 8.26. The summed E-state index contributed by atoms with van der Waals surface area (Å²) in [5.41, 5.74) is 0.710. The van der Waals surface area contributed by atoms with E-state index in [0.29, 0.717) is 5.57 Å². The minimum absolute atomic E-state index is 0.710. The van der Waals surface area contributed by atoms with Crippen LogP contribution in [0.25, 0.3) is 0 Å². The van der Waals surface area contributed by atoms with Crippen molar-refractivity contribution in [3.8, 4) is 6.07 Å². The van der Waals surface area contributed by atoms with Gasteiger partial charge in [0.25, 0.3) is 0 Å². The molecule has 1 N–H and O–H groups in total. The number of allylic oxidation sites excluding steroid dienone is 3. The third-order valence-corrected chi connectivity index (χ3v) is 0.785. The van der Waals surface area contributed by atoms with Crippen LogP contribution in [0.15, 0.2) is 23.9 Å². The average Bonchev–Trinajstić information content (AvgIpc) is 1.89. The van der Waals surface area contributed by atoms with Crippen molar-refractivity contribution >= 4 is 0 Å². The van der Waals surface area contributed by atoms with E-state index in [-0.39, 0.29) is 0 Å². The Kier molecular flexibility index (Phi) is 4.25. The Morgan fingerprint density at radius 3 is 2.78 bits per heavy atom. The van der Waals surface area contributed by atoms with Gasteiger partial charge in [0.05, 0.1) is 6.07 Å². The summed E-state index contributed by atoms with van der Waals surface area (Å²) in [7, 11) is 1.81. The van der Waals surface area contributed by atoms with E-state index in [1.807, 2.05) is 13.1 Å². The van der Waals surface area contributed by atoms with E-state index in [0.717, 1.165) is 0 Å². The second kappa shape index (κ2) is 4.92. The second-order valence-electron chi connectivity index (χ2n) is 1.61. The monoisotopic (exact) mass is 122 g/mol. The predicted molar refractivity (Wildman–Crippen MR) is 37.6 cm³/mol. The van der Waals surface area contributed by atoms with Gasteiger partial charge in [-0.25, -0.2) is 0 Å². The predicted octanol–water partition coefficient (Wildman–Crippen LogP) is 1.19. The molecule has 2 nitrogen and oxygen atoms in total. The van der Waals surface area contributed by atoms with Gasteiger partial charge in [-0.1, -0.05) is 0 Å². The lowest BCUT2D eigenvalue weighted by Gasteiger charge is -1.81. The largest absolute Gasteiger partial charge is 0.394 e. The van der Waals surface area contributed by atoms with Crippen molar-refractivity contribution in [2.45, 2.75) is 6.92 Å². The molecule has 0 aliphatic rings. The Hall–Kier alpha value is -1.23. The van der Waals surface area contributed by atoms with Crippen molar-refractivity contribution in [1.29, 1.82) is 5.26 Å². The number of nitrogens with zero attached hydrogens (tertiary/aromatic N) is 1. The number of hydrogen-bond donors (Lipinski definition) is 1. The van der Waals surface area contributed by atoms with Gasteiger partial charge in [-0.2, -0.15) is 5.26 Å². The number of nitriles is 1. The molecule has 0 aromatic carbocycles. The molecular weight excluding hydrogens is 112 g/mol. The van der Waals surface area contributed by atoms with Crippen LogP contribution in [-0.2, 0) is 0 Å². The molecule has 0 radical (unpaired) electrons. The van der Waals surface area contributed by atoms with Crippen molar-refractivity contribution in [2.75, 3.05) is 7.05 Å². The van der Waals surface area contributed by atoms with Crippen LogP contribution in [0.2, 0.25) is 0 Å². The van der Waals surface area contributed by atoms with Gasteiger partial charge >= 0.3 is 0 Å². The summed E-state index contributed by atoms with van der Waals surface area (Å²) < 4.78 is 0. The lowest BCUT2D eigenvalue weighted by Crippen LogP contribution is -1.89. The zero-order valence-electron chi connectivity index (χ0n) is 5.68. The zero-order chi connectivity index (χ0) is 7.11. The number of rotatable bonds is 2. The molecule has 0 fully saturated rings. The molecule has 0 aromatic heterocycles. The molecule has 2 heteroatoms. The molecule has 9 heavy (non-hydrogen) atoms. The van der Waals surface area contributed by atoms with Crippen LogP contribution >= 0.6 is 0 Å². The van der Waals surface area contributed by atoms with Crippen molar-refractivity contribution in [3.05, 3.63) is 23.9 Å². The highest BCUT2D eigenvalue weighted by Gasteiger charge is 1.75. The first-order chi connectivity index (χ1) is 4.31. The molecule has 0 aliphatic heterocycles. The SMILES string of the molecule is CN/C=C\C=C(\C)C#N. The molecule has 0 aromatic rings. The summed E-state index contributed by atoms with van der Waals surface area (Å²) in [6.07, 6.45) is 5.30. The fourth-order valence-electron chi connectivity index (χ4n) is 0.326. The molecule has 0 spiro atoms. The van der Waals surface area contributed by atoms with Crippen molar-refractivity contribution < 1.29 is 0 Å². The van der Waals surface area contributed by atoms with E-state index < -0.39 is 0 Å². The van der Waals surface area contributed by atoms with E-state index in [9.17, 15) is 0 Å². The van der Waals surface area contributed by atoms with Crippen molar-refractivity contribution in [2.24, 2.45) is 0 Å². The molecule has 0 unspecified atom stereocenters. The van der Waals surface area contributed by atoms with Gasteiger partial charge in [-0.3, -0.25) is 0 Å². The summed E-state index contributed by atoms with van der Waals surface area (Å²) in [5.74, 6) is 0. The minimum Gasteiger partial charge on any atom is -0.394 e. The van der Waals surface area contributed by atoms with E-state index >= 15 is 0 Å². The van der Waals surface area contributed by atoms with E-state index in [4.69, 9.17) is 5.26 Å². The summed E-state index contributed by atoms with van der Waals surface area (Å²) in [6.45, 7) is 1.76. The van der Waals surface area contributed by atoms with E-state index in [1.165, 1.54) is 0 Å². The molecule has 0 aliphatic carbocycles. The topological polar surface area (TPSA) is 35.8 Å². The van der Waals surface area contributed by atoms with Crippen LogP contribution in [0.3, 0.4) is 0 Å². The van der Waals surface area contributed by atoms with Gasteiger partial charge in [0.1, 0.15) is 0 Å². The molecule has 0 saturated carbocycles. The summed E-state index contributed by atoms with van der Waals surface area (Å²) in [5, 5.41) is 11.1. The standard InChI is InChI=1S/C7H10N2/c1-7(6-8)4-3-5-9-2/h3-5,9H,1-2H3/b5-3-,7-4-. The quantitative estimate of drug-likeness (QED) is 0.441. The van der Waals surface area contributed by atoms with Crippen LogP contribution in [0.5, 0.6) is 0 Å². The molecular formula is C7H10N2. The first-order valence-corrected chi connectivity index (χ1v) is 2.72. The van der Waals surface area contributed by atoms with Crippen LogP contribution in [0.4, 0.5) is 0 Å².